The van der Waals surface area contributed by atoms with Crippen molar-refractivity contribution in [3.05, 3.63) is 59.4 Å². The van der Waals surface area contributed by atoms with Gasteiger partial charge >= 0.3 is 0 Å². The number of aromatic amines is 1. The third-order valence-corrected chi connectivity index (χ3v) is 5.43. The van der Waals surface area contributed by atoms with Gasteiger partial charge in [0.25, 0.3) is 0 Å². The number of nitrogens with one attached hydrogen (secondary N) is 2. The molecule has 1 fully saturated rings. The van der Waals surface area contributed by atoms with Crippen LogP contribution in [-0.4, -0.2) is 22.4 Å². The topological polar surface area (TPSA) is 95.5 Å². The maximum absolute atomic E-state index is 6.56. The van der Waals surface area contributed by atoms with Gasteiger partial charge in [0.15, 0.2) is 0 Å². The zero-order valence-corrected chi connectivity index (χ0v) is 14.9. The molecule has 2 aromatic rings. The second-order valence-corrected chi connectivity index (χ2v) is 7.11. The maximum Gasteiger partial charge on any atom is 0.141 e. The fourth-order valence-electron chi connectivity index (χ4n) is 3.94. The normalized spacial score (nSPS) is 24.4. The van der Waals surface area contributed by atoms with E-state index in [1.165, 1.54) is 5.56 Å². The van der Waals surface area contributed by atoms with Gasteiger partial charge in [-0.25, -0.2) is 10.8 Å². The van der Waals surface area contributed by atoms with E-state index in [1.54, 1.807) is 11.3 Å². The molecule has 1 aromatic carbocycles. The van der Waals surface area contributed by atoms with Gasteiger partial charge in [-0.2, -0.15) is 0 Å². The van der Waals surface area contributed by atoms with Crippen LogP contribution in [0.15, 0.2) is 53.3 Å². The lowest BCUT2D eigenvalue weighted by molar-refractivity contribution is 0.315. The van der Waals surface area contributed by atoms with Crippen molar-refractivity contribution in [2.75, 3.05) is 0 Å². The van der Waals surface area contributed by atoms with Crippen molar-refractivity contribution < 1.29 is 0 Å². The van der Waals surface area contributed by atoms with Crippen LogP contribution in [0.4, 0.5) is 5.82 Å². The van der Waals surface area contributed by atoms with E-state index in [9.17, 15) is 0 Å². The molecule has 1 saturated carbocycles. The van der Waals surface area contributed by atoms with Crippen LogP contribution in [0.2, 0.25) is 0 Å². The Morgan fingerprint density at radius 1 is 1.15 bits per heavy atom. The minimum atomic E-state index is 0.361. The number of nitrogens with two attached hydrogens (primary N) is 2. The monoisotopic (exact) mass is 350 g/mol. The lowest BCUT2D eigenvalue weighted by atomic mass is 9.83. The first-order chi connectivity index (χ1) is 12.7. The van der Waals surface area contributed by atoms with Gasteiger partial charge in [0.2, 0.25) is 0 Å². The van der Waals surface area contributed by atoms with Crippen LogP contribution < -0.4 is 16.9 Å². The number of fused-ring (bicyclic) bond motifs is 1. The molecule has 4 rings (SSSR count). The Bertz CT molecular complexity index is 799. The lowest BCUT2D eigenvalue weighted by Crippen LogP contribution is -2.36. The Morgan fingerprint density at radius 3 is 2.69 bits per heavy atom. The third-order valence-electron chi connectivity index (χ3n) is 5.43. The second kappa shape index (κ2) is 7.35. The van der Waals surface area contributed by atoms with E-state index in [1.807, 2.05) is 12.3 Å². The van der Waals surface area contributed by atoms with Crippen molar-refractivity contribution in [1.82, 2.24) is 15.3 Å². The first-order valence-electron chi connectivity index (χ1n) is 9.25. The van der Waals surface area contributed by atoms with Gasteiger partial charge in [-0.05, 0) is 37.3 Å². The van der Waals surface area contributed by atoms with Crippen LogP contribution in [-0.2, 0) is 6.54 Å². The lowest BCUT2D eigenvalue weighted by Gasteiger charge is -2.32. The number of hydrogen-bond donors (Lipinski definition) is 4. The summed E-state index contributed by atoms with van der Waals surface area (Å²) in [5.41, 5.74) is 10.6. The fourth-order valence-corrected chi connectivity index (χ4v) is 3.94. The fraction of sp³-hybridized carbons (Fsp3) is 0.350. The van der Waals surface area contributed by atoms with E-state index < -0.39 is 0 Å². The summed E-state index contributed by atoms with van der Waals surface area (Å²) in [5.74, 6) is 7.30. The van der Waals surface area contributed by atoms with Crippen LogP contribution in [0.5, 0.6) is 0 Å². The van der Waals surface area contributed by atoms with Gasteiger partial charge in [-0.1, -0.05) is 30.3 Å². The summed E-state index contributed by atoms with van der Waals surface area (Å²) in [4.78, 5) is 7.42. The number of nitrogens with zero attached hydrogens (tertiary/aromatic N) is 2. The number of hydrogen-bond acceptors (Lipinski definition) is 5. The predicted molar refractivity (Wildman–Crippen MR) is 105 cm³/mol. The van der Waals surface area contributed by atoms with Crippen molar-refractivity contribution in [3.63, 3.8) is 0 Å². The molecule has 136 valence electrons. The number of H-pyrrole nitrogens is 1. The van der Waals surface area contributed by atoms with Crippen LogP contribution in [0.3, 0.4) is 0 Å². The van der Waals surface area contributed by atoms with Crippen LogP contribution >= 0.6 is 0 Å². The molecule has 1 aromatic heterocycles. The quantitative estimate of drug-likeness (QED) is 0.638. The van der Waals surface area contributed by atoms with Crippen LogP contribution in [0, 0.1) is 5.92 Å². The van der Waals surface area contributed by atoms with Gasteiger partial charge in [0.05, 0.1) is 5.70 Å². The summed E-state index contributed by atoms with van der Waals surface area (Å²) in [6.07, 6.45) is 7.90. The summed E-state index contributed by atoms with van der Waals surface area (Å²) in [7, 11) is 0. The Kier molecular flexibility index (Phi) is 4.77. The largest absolute Gasteiger partial charge is 0.400 e. The van der Waals surface area contributed by atoms with E-state index in [0.717, 1.165) is 55.0 Å². The molecular formula is C20H26N6. The van der Waals surface area contributed by atoms with E-state index >= 15 is 0 Å². The summed E-state index contributed by atoms with van der Waals surface area (Å²) in [6, 6.07) is 13.1. The minimum absolute atomic E-state index is 0.361. The number of aromatic nitrogens is 1. The molecule has 2 aliphatic rings. The number of hydrazine groups is 1. The molecule has 0 radical (unpaired) electrons. The molecule has 6 N–H and O–H groups in total. The second-order valence-electron chi connectivity index (χ2n) is 7.11. The molecule has 26 heavy (non-hydrogen) atoms. The molecule has 0 saturated heterocycles. The zero-order valence-electron chi connectivity index (χ0n) is 14.9. The Labute approximate surface area is 154 Å². The van der Waals surface area contributed by atoms with Gasteiger partial charge in [0, 0.05) is 36.0 Å². The van der Waals surface area contributed by atoms with Crippen molar-refractivity contribution in [2.45, 2.75) is 38.3 Å². The highest BCUT2D eigenvalue weighted by molar-refractivity contribution is 5.86. The highest BCUT2D eigenvalue weighted by atomic mass is 15.4. The summed E-state index contributed by atoms with van der Waals surface area (Å²) < 4.78 is 0. The van der Waals surface area contributed by atoms with Crippen molar-refractivity contribution >= 4 is 17.9 Å². The molecule has 0 bridgehead atoms. The van der Waals surface area contributed by atoms with Gasteiger partial charge in [0.1, 0.15) is 12.2 Å². The molecule has 6 heteroatoms. The Morgan fingerprint density at radius 2 is 1.92 bits per heavy atom. The van der Waals surface area contributed by atoms with Crippen molar-refractivity contribution in [3.8, 4) is 0 Å². The van der Waals surface area contributed by atoms with Crippen molar-refractivity contribution in [2.24, 2.45) is 22.5 Å². The van der Waals surface area contributed by atoms with E-state index in [0.29, 0.717) is 12.0 Å². The summed E-state index contributed by atoms with van der Waals surface area (Å²) in [6.45, 7) is 0.923. The molecule has 2 heterocycles. The van der Waals surface area contributed by atoms with E-state index in [4.69, 9.17) is 11.6 Å². The molecule has 1 aliphatic heterocycles. The number of allylic oxidation sites excluding steroid dienone is 1. The summed E-state index contributed by atoms with van der Waals surface area (Å²) in [5, 5.41) is 5.23. The van der Waals surface area contributed by atoms with Gasteiger partial charge in [-0.3, -0.25) is 5.01 Å². The van der Waals surface area contributed by atoms with Gasteiger partial charge in [-0.15, -0.1) is 0 Å². The average Bonchev–Trinajstić information content (AvgIpc) is 3.16. The number of aliphatic imine (C=N–C) groups is 1. The zero-order chi connectivity index (χ0) is 17.9. The number of rotatable bonds is 4. The molecule has 1 aliphatic carbocycles. The molecule has 0 atom stereocenters. The minimum Gasteiger partial charge on any atom is -0.400 e. The van der Waals surface area contributed by atoms with Crippen molar-refractivity contribution in [1.29, 1.82) is 0 Å². The standard InChI is InChI=1S/C20H26N6/c21-18(19-17-10-11-23-20(17)25-13-26(19)22)15-6-8-16(9-7-15)24-12-14-4-2-1-3-5-14/h1-5,10-11,13,15-16,23-24H,6-9,12,21-22H2/b19-18-. The van der Waals surface area contributed by atoms with Crippen LogP contribution in [0.25, 0.3) is 5.70 Å². The van der Waals surface area contributed by atoms with Crippen LogP contribution in [0.1, 0.15) is 36.8 Å². The summed E-state index contributed by atoms with van der Waals surface area (Å²) >= 11 is 0. The molecule has 0 unspecified atom stereocenters. The number of benzene rings is 1. The first kappa shape index (κ1) is 16.9. The predicted octanol–water partition coefficient (Wildman–Crippen LogP) is 2.84. The van der Waals surface area contributed by atoms with Gasteiger partial charge < -0.3 is 16.0 Å². The Hall–Kier alpha value is -2.57. The SMILES string of the molecule is N/C(=C1/c2cc[nH]c2N=CN1N)C1CCC(NCc2ccccc2)CC1. The molecule has 0 amide bonds. The first-order valence-corrected chi connectivity index (χ1v) is 9.25. The average molecular weight is 350 g/mol. The molecular weight excluding hydrogens is 324 g/mol. The smallest absolute Gasteiger partial charge is 0.141 e. The third kappa shape index (κ3) is 3.38. The Balaban J connectivity index is 1.39. The van der Waals surface area contributed by atoms with E-state index in [2.05, 4.69) is 45.6 Å². The van der Waals surface area contributed by atoms with E-state index in [-0.39, 0.29) is 0 Å². The molecule has 0 spiro atoms. The highest BCUT2D eigenvalue weighted by Gasteiger charge is 2.28. The molecule has 6 nitrogen and oxygen atoms in total. The highest BCUT2D eigenvalue weighted by Crippen LogP contribution is 2.36. The maximum atomic E-state index is 6.56.